The molecule has 6 nitrogen and oxygen atoms in total. The van der Waals surface area contributed by atoms with Crippen molar-refractivity contribution in [2.45, 2.75) is 45.0 Å². The van der Waals surface area contributed by atoms with Crippen molar-refractivity contribution < 1.29 is 28.8 Å². The summed E-state index contributed by atoms with van der Waals surface area (Å²) < 4.78 is 24.2. The summed E-state index contributed by atoms with van der Waals surface area (Å²) in [4.78, 5) is 12.1. The highest BCUT2D eigenvalue weighted by Gasteiger charge is 2.52. The molecule has 2 heterocycles. The number of rotatable bonds is 6. The van der Waals surface area contributed by atoms with Crippen molar-refractivity contribution in [3.8, 4) is 17.2 Å². The third-order valence-electron chi connectivity index (χ3n) is 6.05. The maximum absolute atomic E-state index is 12.1. The van der Waals surface area contributed by atoms with Gasteiger partial charge in [0.05, 0.1) is 18.6 Å². The van der Waals surface area contributed by atoms with Gasteiger partial charge in [-0.2, -0.15) is 0 Å². The number of hydrogen-bond acceptors (Lipinski definition) is 5. The van der Waals surface area contributed by atoms with Crippen LogP contribution in [0.1, 0.15) is 38.9 Å². The van der Waals surface area contributed by atoms with Crippen LogP contribution >= 0.6 is 11.6 Å². The highest BCUT2D eigenvalue weighted by molar-refractivity contribution is 6.30. The molecule has 0 aliphatic carbocycles. The Morgan fingerprint density at radius 1 is 1.16 bits per heavy atom. The lowest BCUT2D eigenvalue weighted by atomic mass is 9.72. The van der Waals surface area contributed by atoms with Gasteiger partial charge in [0.1, 0.15) is 35.6 Å². The molecule has 0 aromatic heterocycles. The minimum atomic E-state index is -0.896. The van der Waals surface area contributed by atoms with E-state index in [0.717, 1.165) is 17.1 Å². The molecule has 0 saturated carbocycles. The van der Waals surface area contributed by atoms with Gasteiger partial charge in [0, 0.05) is 16.5 Å². The van der Waals surface area contributed by atoms with E-state index in [0.29, 0.717) is 23.8 Å². The van der Waals surface area contributed by atoms with Crippen molar-refractivity contribution in [2.24, 2.45) is 11.8 Å². The van der Waals surface area contributed by atoms with Crippen LogP contribution in [0.25, 0.3) is 0 Å². The molecule has 4 atom stereocenters. The molecule has 2 aliphatic heterocycles. The van der Waals surface area contributed by atoms with Gasteiger partial charge in [-0.1, -0.05) is 11.6 Å². The van der Waals surface area contributed by atoms with Crippen molar-refractivity contribution in [2.75, 3.05) is 13.2 Å². The summed E-state index contributed by atoms with van der Waals surface area (Å²) in [5, 5.41) is 10.5. The van der Waals surface area contributed by atoms with Crippen LogP contribution in [0.3, 0.4) is 0 Å². The number of halogens is 1. The Kier molecular flexibility index (Phi) is 6.04. The lowest BCUT2D eigenvalue weighted by Crippen LogP contribution is -2.53. The lowest BCUT2D eigenvalue weighted by Gasteiger charge is -2.50. The zero-order chi connectivity index (χ0) is 22.2. The molecule has 0 amide bonds. The second kappa shape index (κ2) is 8.60. The molecule has 31 heavy (non-hydrogen) atoms. The second-order valence-corrected chi connectivity index (χ2v) is 8.92. The Balaban J connectivity index is 1.62. The third-order valence-corrected chi connectivity index (χ3v) is 6.31. The molecule has 2 aliphatic rings. The summed E-state index contributed by atoms with van der Waals surface area (Å²) in [6, 6.07) is 12.7. The van der Waals surface area contributed by atoms with Crippen LogP contribution in [0.4, 0.5) is 0 Å². The number of ether oxygens (including phenoxy) is 4. The van der Waals surface area contributed by atoms with E-state index in [-0.39, 0.29) is 18.6 Å². The summed E-state index contributed by atoms with van der Waals surface area (Å²) in [6.07, 6.45) is -0.486. The Bertz CT molecular complexity index is 942. The van der Waals surface area contributed by atoms with Crippen LogP contribution in [0.15, 0.2) is 42.5 Å². The topological polar surface area (TPSA) is 74.2 Å². The first-order valence-corrected chi connectivity index (χ1v) is 10.9. The minimum Gasteiger partial charge on any atom is -0.494 e. The summed E-state index contributed by atoms with van der Waals surface area (Å²) in [5.74, 6) is 0.373. The molecular weight excluding hydrogens is 420 g/mol. The van der Waals surface area contributed by atoms with Gasteiger partial charge in [0.15, 0.2) is 0 Å². The number of fused-ring (bicyclic) bond motifs is 3. The van der Waals surface area contributed by atoms with E-state index in [9.17, 15) is 9.90 Å². The normalized spacial score (nSPS) is 26.2. The van der Waals surface area contributed by atoms with Gasteiger partial charge in [0.25, 0.3) is 0 Å². The average molecular weight is 447 g/mol. The molecular formula is C24H27ClO6. The van der Waals surface area contributed by atoms with Gasteiger partial charge in [-0.15, -0.1) is 0 Å². The molecule has 4 rings (SSSR count). The number of carboxylic acid groups (broad SMARTS) is 1. The molecule has 0 bridgehead atoms. The molecule has 0 unspecified atom stereocenters. The number of benzene rings is 2. The molecule has 0 spiro atoms. The van der Waals surface area contributed by atoms with Gasteiger partial charge in [-0.3, -0.25) is 4.79 Å². The fourth-order valence-corrected chi connectivity index (χ4v) is 4.57. The fraction of sp³-hybridized carbons (Fsp3) is 0.458. The number of carbonyl (C=O) groups is 1. The van der Waals surface area contributed by atoms with E-state index in [1.54, 1.807) is 24.3 Å². The first-order valence-electron chi connectivity index (χ1n) is 10.5. The fourth-order valence-electron chi connectivity index (χ4n) is 4.45. The number of carboxylic acids is 1. The summed E-state index contributed by atoms with van der Waals surface area (Å²) in [5.41, 5.74) is 0.316. The Hall–Kier alpha value is -2.44. The van der Waals surface area contributed by atoms with Crippen LogP contribution in [-0.2, 0) is 9.53 Å². The van der Waals surface area contributed by atoms with Crippen LogP contribution in [0, 0.1) is 11.8 Å². The Labute approximate surface area is 187 Å². The molecule has 7 heteroatoms. The van der Waals surface area contributed by atoms with Crippen molar-refractivity contribution >= 4 is 17.6 Å². The van der Waals surface area contributed by atoms with Crippen molar-refractivity contribution in [1.29, 1.82) is 0 Å². The van der Waals surface area contributed by atoms with Gasteiger partial charge < -0.3 is 24.1 Å². The molecule has 0 radical (unpaired) electrons. The van der Waals surface area contributed by atoms with Gasteiger partial charge in [0.2, 0.25) is 0 Å². The quantitative estimate of drug-likeness (QED) is 0.662. The summed E-state index contributed by atoms with van der Waals surface area (Å²) in [6.45, 7) is 6.58. The Morgan fingerprint density at radius 2 is 1.87 bits per heavy atom. The second-order valence-electron chi connectivity index (χ2n) is 8.49. The maximum atomic E-state index is 12.1. The Morgan fingerprint density at radius 3 is 2.55 bits per heavy atom. The lowest BCUT2D eigenvalue weighted by molar-refractivity contribution is -0.192. The SMILES string of the molecule is CCOc1ccc2c(c1)[C@H]1O[C@@H](COc3ccc(Cl)cc3)[C@H](C(=O)O)C[C@@H]1C(C)(C)O2. The van der Waals surface area contributed by atoms with E-state index < -0.39 is 23.6 Å². The zero-order valence-electron chi connectivity index (χ0n) is 17.8. The van der Waals surface area contributed by atoms with Crippen molar-refractivity contribution in [3.05, 3.63) is 53.1 Å². The molecule has 2 aromatic carbocycles. The number of hydrogen-bond donors (Lipinski definition) is 1. The molecule has 2 aromatic rings. The smallest absolute Gasteiger partial charge is 0.309 e. The molecule has 1 N–H and O–H groups in total. The van der Waals surface area contributed by atoms with Crippen molar-refractivity contribution in [3.63, 3.8) is 0 Å². The summed E-state index contributed by atoms with van der Waals surface area (Å²) in [7, 11) is 0. The highest BCUT2D eigenvalue weighted by atomic mass is 35.5. The molecule has 1 fully saturated rings. The maximum Gasteiger partial charge on any atom is 0.309 e. The van der Waals surface area contributed by atoms with Crippen LogP contribution < -0.4 is 14.2 Å². The first-order chi connectivity index (χ1) is 14.8. The predicted molar refractivity (Wildman–Crippen MR) is 116 cm³/mol. The van der Waals surface area contributed by atoms with Crippen molar-refractivity contribution in [1.82, 2.24) is 0 Å². The van der Waals surface area contributed by atoms with E-state index >= 15 is 0 Å². The molecule has 1 saturated heterocycles. The zero-order valence-corrected chi connectivity index (χ0v) is 18.6. The van der Waals surface area contributed by atoms with Crippen LogP contribution in [-0.4, -0.2) is 36.0 Å². The number of aliphatic carboxylic acids is 1. The molecule has 166 valence electrons. The van der Waals surface area contributed by atoms with Gasteiger partial charge in [-0.05, 0) is 69.7 Å². The highest BCUT2D eigenvalue weighted by Crippen LogP contribution is 2.52. The average Bonchev–Trinajstić information content (AvgIpc) is 2.73. The first kappa shape index (κ1) is 21.8. The minimum absolute atomic E-state index is 0.121. The van der Waals surface area contributed by atoms with E-state index in [1.165, 1.54) is 0 Å². The van der Waals surface area contributed by atoms with Crippen LogP contribution in [0.2, 0.25) is 5.02 Å². The largest absolute Gasteiger partial charge is 0.494 e. The van der Waals surface area contributed by atoms with Crippen LogP contribution in [0.5, 0.6) is 17.2 Å². The monoisotopic (exact) mass is 446 g/mol. The van der Waals surface area contributed by atoms with E-state index in [1.807, 2.05) is 39.0 Å². The van der Waals surface area contributed by atoms with E-state index in [2.05, 4.69) is 0 Å². The van der Waals surface area contributed by atoms with Gasteiger partial charge in [-0.25, -0.2) is 0 Å². The predicted octanol–water partition coefficient (Wildman–Crippen LogP) is 5.14. The van der Waals surface area contributed by atoms with E-state index in [4.69, 9.17) is 30.5 Å². The standard InChI is InChI=1S/C24H27ClO6/c1-4-28-16-9-10-20-17(11-16)22-19(24(2,3)31-20)12-18(23(26)27)21(30-22)13-29-15-7-5-14(25)6-8-15/h5-11,18-19,21-22H,4,12-13H2,1-3H3,(H,26,27)/t18-,19+,21+,22-/m1/s1. The van der Waals surface area contributed by atoms with Gasteiger partial charge >= 0.3 is 5.97 Å². The third kappa shape index (κ3) is 4.46. The summed E-state index contributed by atoms with van der Waals surface area (Å²) >= 11 is 5.93.